The summed E-state index contributed by atoms with van der Waals surface area (Å²) in [6.45, 7) is 1.79. The first-order valence-electron chi connectivity index (χ1n) is 11.7. The Kier molecular flexibility index (Phi) is 6.92. The van der Waals surface area contributed by atoms with Gasteiger partial charge < -0.3 is 26.2 Å². The summed E-state index contributed by atoms with van der Waals surface area (Å²) in [5.41, 5.74) is 10.4. The van der Waals surface area contributed by atoms with Gasteiger partial charge in [-0.3, -0.25) is 10.1 Å². The lowest BCUT2D eigenvalue weighted by atomic mass is 9.95. The number of hydrogen-bond acceptors (Lipinski definition) is 8. The van der Waals surface area contributed by atoms with Crippen LogP contribution in [0.4, 0.5) is 11.7 Å². The molecule has 1 atom stereocenters. The SMILES string of the molecule is CC1=C(C(=O)Nc2cccc(/C(C=N)=C/N)c2)C(c2ccccc2Cl)N=C(Nc2nc3ccccc3o2)N1. The van der Waals surface area contributed by atoms with Gasteiger partial charge in [0, 0.05) is 40.0 Å². The molecule has 5 rings (SSSR count). The topological polar surface area (TPSA) is 141 Å². The second kappa shape index (κ2) is 10.6. The number of para-hydroxylation sites is 2. The summed E-state index contributed by atoms with van der Waals surface area (Å²) in [6, 6.07) is 21.4. The summed E-state index contributed by atoms with van der Waals surface area (Å²) in [4.78, 5) is 22.8. The number of carbonyl (C=O) groups is 1. The first-order valence-corrected chi connectivity index (χ1v) is 12.1. The average Bonchev–Trinajstić information content (AvgIpc) is 3.32. The van der Waals surface area contributed by atoms with Crippen molar-refractivity contribution in [3.05, 3.63) is 106 Å². The van der Waals surface area contributed by atoms with Crippen molar-refractivity contribution in [2.45, 2.75) is 13.0 Å². The number of oxazole rings is 1. The molecule has 4 aromatic rings. The van der Waals surface area contributed by atoms with Crippen LogP contribution < -0.4 is 21.7 Å². The maximum absolute atomic E-state index is 13.6. The monoisotopic (exact) mass is 525 g/mol. The van der Waals surface area contributed by atoms with Crippen molar-refractivity contribution in [2.24, 2.45) is 10.7 Å². The Hall–Kier alpha value is -4.89. The standard InChI is InChI=1S/C28H24ClN7O2/c1-16-24(26(37)33-19-8-6-7-17(13-19)18(14-30)15-31)25(20-9-2-3-10-21(20)29)35-27(32-16)36-28-34-22-11-4-5-12-23(22)38-28/h2-15,25,30H,31H2,1H3,(H,33,37)(H2,32,34,35,36)/b18-15+,30-14?. The number of benzene rings is 3. The van der Waals surface area contributed by atoms with Crippen LogP contribution in [0.2, 0.25) is 5.02 Å². The van der Waals surface area contributed by atoms with Crippen molar-refractivity contribution in [2.75, 3.05) is 10.6 Å². The summed E-state index contributed by atoms with van der Waals surface area (Å²) in [7, 11) is 0. The van der Waals surface area contributed by atoms with E-state index in [2.05, 4.69) is 20.9 Å². The van der Waals surface area contributed by atoms with Crippen LogP contribution >= 0.6 is 11.6 Å². The number of anilines is 2. The van der Waals surface area contributed by atoms with Crippen molar-refractivity contribution >= 4 is 58.1 Å². The fourth-order valence-electron chi connectivity index (χ4n) is 4.19. The number of allylic oxidation sites excluding steroid dienone is 2. The molecule has 0 aliphatic carbocycles. The number of carbonyl (C=O) groups excluding carboxylic acids is 1. The quantitative estimate of drug-likeness (QED) is 0.212. The summed E-state index contributed by atoms with van der Waals surface area (Å²) < 4.78 is 5.78. The molecular weight excluding hydrogens is 502 g/mol. The van der Waals surface area contributed by atoms with E-state index in [0.717, 1.165) is 6.21 Å². The zero-order valence-corrected chi connectivity index (χ0v) is 21.1. The van der Waals surface area contributed by atoms with Gasteiger partial charge in [0.1, 0.15) is 11.6 Å². The van der Waals surface area contributed by atoms with Crippen LogP contribution in [0.1, 0.15) is 24.1 Å². The molecule has 190 valence electrons. The van der Waals surface area contributed by atoms with Crippen LogP contribution in [0.25, 0.3) is 16.7 Å². The number of halogens is 1. The van der Waals surface area contributed by atoms with Gasteiger partial charge in [-0.15, -0.1) is 0 Å². The van der Waals surface area contributed by atoms with Crippen LogP contribution in [-0.2, 0) is 4.79 Å². The van der Waals surface area contributed by atoms with Gasteiger partial charge in [0.05, 0.1) is 5.57 Å². The molecule has 0 saturated heterocycles. The molecule has 6 N–H and O–H groups in total. The Morgan fingerprint density at radius 1 is 1.13 bits per heavy atom. The fraction of sp³-hybridized carbons (Fsp3) is 0.0714. The molecule has 1 aliphatic rings. The van der Waals surface area contributed by atoms with E-state index in [-0.39, 0.29) is 11.9 Å². The molecule has 1 amide bonds. The zero-order chi connectivity index (χ0) is 26.6. The minimum absolute atomic E-state index is 0.267. The predicted molar refractivity (Wildman–Crippen MR) is 151 cm³/mol. The summed E-state index contributed by atoms with van der Waals surface area (Å²) in [5.74, 6) is 0.0103. The molecule has 0 radical (unpaired) electrons. The number of nitrogens with one attached hydrogen (secondary N) is 4. The third-order valence-corrected chi connectivity index (χ3v) is 6.34. The highest BCUT2D eigenvalue weighted by molar-refractivity contribution is 6.31. The predicted octanol–water partition coefficient (Wildman–Crippen LogP) is 5.46. The van der Waals surface area contributed by atoms with Crippen molar-refractivity contribution in [3.63, 3.8) is 0 Å². The molecule has 0 saturated carbocycles. The van der Waals surface area contributed by atoms with E-state index in [0.29, 0.717) is 55.7 Å². The summed E-state index contributed by atoms with van der Waals surface area (Å²) >= 11 is 6.55. The maximum atomic E-state index is 13.6. The van der Waals surface area contributed by atoms with Gasteiger partial charge in [-0.1, -0.05) is 54.1 Å². The lowest BCUT2D eigenvalue weighted by Crippen LogP contribution is -2.37. The molecule has 0 spiro atoms. The minimum Gasteiger partial charge on any atom is -0.423 e. The van der Waals surface area contributed by atoms with Crippen molar-refractivity contribution in [3.8, 4) is 0 Å². The second-order valence-corrected chi connectivity index (χ2v) is 8.89. The number of guanidine groups is 1. The van der Waals surface area contributed by atoms with Crippen molar-refractivity contribution < 1.29 is 9.21 Å². The summed E-state index contributed by atoms with van der Waals surface area (Å²) in [6.07, 6.45) is 2.51. The van der Waals surface area contributed by atoms with Crippen LogP contribution in [0, 0.1) is 5.41 Å². The molecule has 0 fully saturated rings. The van der Waals surface area contributed by atoms with E-state index in [1.54, 1.807) is 31.2 Å². The summed E-state index contributed by atoms with van der Waals surface area (Å²) in [5, 5.41) is 17.2. The molecule has 38 heavy (non-hydrogen) atoms. The van der Waals surface area contributed by atoms with Crippen molar-refractivity contribution in [1.82, 2.24) is 10.3 Å². The highest BCUT2D eigenvalue weighted by Gasteiger charge is 2.31. The highest BCUT2D eigenvalue weighted by atomic mass is 35.5. The first-order chi connectivity index (χ1) is 18.5. The Balaban J connectivity index is 1.47. The Bertz CT molecular complexity index is 1600. The number of fused-ring (bicyclic) bond motifs is 1. The lowest BCUT2D eigenvalue weighted by Gasteiger charge is -2.27. The van der Waals surface area contributed by atoms with Crippen LogP contribution in [0.3, 0.4) is 0 Å². The molecule has 10 heteroatoms. The van der Waals surface area contributed by atoms with Crippen LogP contribution in [0.15, 0.2) is 99.7 Å². The number of amides is 1. The minimum atomic E-state index is -0.707. The third kappa shape index (κ3) is 5.00. The van der Waals surface area contributed by atoms with E-state index < -0.39 is 6.04 Å². The smallest absolute Gasteiger partial charge is 0.302 e. The normalized spacial score (nSPS) is 15.6. The molecule has 9 nitrogen and oxygen atoms in total. The van der Waals surface area contributed by atoms with Gasteiger partial charge in [0.25, 0.3) is 5.91 Å². The number of nitrogens with two attached hydrogens (primary N) is 1. The van der Waals surface area contributed by atoms with E-state index in [4.69, 9.17) is 32.2 Å². The second-order valence-electron chi connectivity index (χ2n) is 8.48. The molecule has 1 unspecified atom stereocenters. The molecule has 3 aromatic carbocycles. The largest absolute Gasteiger partial charge is 0.423 e. The third-order valence-electron chi connectivity index (χ3n) is 5.99. The van der Waals surface area contributed by atoms with Gasteiger partial charge in [0.2, 0.25) is 5.96 Å². The number of aliphatic imine (C=N–C) groups is 1. The highest BCUT2D eigenvalue weighted by Crippen LogP contribution is 2.35. The van der Waals surface area contributed by atoms with Gasteiger partial charge >= 0.3 is 6.01 Å². The Morgan fingerprint density at radius 2 is 1.92 bits per heavy atom. The number of hydrogen-bond donors (Lipinski definition) is 5. The van der Waals surface area contributed by atoms with Crippen molar-refractivity contribution in [1.29, 1.82) is 5.41 Å². The lowest BCUT2D eigenvalue weighted by molar-refractivity contribution is -0.113. The van der Waals surface area contributed by atoms with Crippen LogP contribution in [-0.4, -0.2) is 23.1 Å². The zero-order valence-electron chi connectivity index (χ0n) is 20.3. The number of nitrogens with zero attached hydrogens (tertiary/aromatic N) is 2. The molecule has 1 aromatic heterocycles. The van der Waals surface area contributed by atoms with Gasteiger partial charge in [-0.2, -0.15) is 4.98 Å². The van der Waals surface area contributed by atoms with E-state index in [9.17, 15) is 4.79 Å². The average molecular weight is 526 g/mol. The fourth-order valence-corrected chi connectivity index (χ4v) is 4.42. The first kappa shape index (κ1) is 24.8. The van der Waals surface area contributed by atoms with Gasteiger partial charge in [-0.25, -0.2) is 4.99 Å². The van der Waals surface area contributed by atoms with Gasteiger partial charge in [-0.05, 0) is 42.8 Å². The maximum Gasteiger partial charge on any atom is 0.302 e. The molecule has 0 bridgehead atoms. The Morgan fingerprint density at radius 3 is 2.68 bits per heavy atom. The number of aromatic nitrogens is 1. The van der Waals surface area contributed by atoms with E-state index >= 15 is 0 Å². The molecule has 1 aliphatic heterocycles. The van der Waals surface area contributed by atoms with E-state index in [1.165, 1.54) is 6.20 Å². The van der Waals surface area contributed by atoms with Gasteiger partial charge in [0.15, 0.2) is 5.58 Å². The molecular formula is C28H24ClN7O2. The van der Waals surface area contributed by atoms with E-state index in [1.807, 2.05) is 48.5 Å². The number of rotatable bonds is 6. The molecule has 2 heterocycles. The van der Waals surface area contributed by atoms with Crippen LogP contribution in [0.5, 0.6) is 0 Å². The Labute approximate surface area is 223 Å².